The number of carboxylic acid groups (broad SMARTS) is 1. The first-order valence-electron chi connectivity index (χ1n) is 5.92. The molecule has 0 heterocycles. The van der Waals surface area contributed by atoms with E-state index in [0.717, 1.165) is 12.0 Å². The van der Waals surface area contributed by atoms with E-state index in [9.17, 15) is 4.79 Å². The minimum absolute atomic E-state index is 0.379. The van der Waals surface area contributed by atoms with Crippen molar-refractivity contribution in [2.24, 2.45) is 0 Å². The predicted molar refractivity (Wildman–Crippen MR) is 68.2 cm³/mol. The molecule has 90 valence electrons. The Morgan fingerprint density at radius 3 is 2.25 bits per heavy atom. The maximum Gasteiger partial charge on any atom is 0.335 e. The van der Waals surface area contributed by atoms with Crippen LogP contribution in [0, 0.1) is 0 Å². The number of hydrogen-bond acceptors (Lipinski definition) is 1. The first-order valence-corrected chi connectivity index (χ1v) is 5.92. The van der Waals surface area contributed by atoms with Crippen LogP contribution in [0.5, 0.6) is 0 Å². The lowest BCUT2D eigenvalue weighted by molar-refractivity contribution is 0.0696. The molecule has 0 amide bonds. The van der Waals surface area contributed by atoms with Crippen LogP contribution < -0.4 is 0 Å². The van der Waals surface area contributed by atoms with Gasteiger partial charge in [-0.15, -0.1) is 0 Å². The Morgan fingerprint density at radius 1 is 1.31 bits per heavy atom. The smallest absolute Gasteiger partial charge is 0.335 e. The number of aromatic carboxylic acids is 1. The molecule has 1 N–H and O–H groups in total. The van der Waals surface area contributed by atoms with Gasteiger partial charge in [0, 0.05) is 0 Å². The molecule has 0 radical (unpaired) electrons. The van der Waals surface area contributed by atoms with Crippen LogP contribution in [-0.2, 0) is 6.42 Å². The van der Waals surface area contributed by atoms with Crippen molar-refractivity contribution in [2.75, 3.05) is 0 Å². The lowest BCUT2D eigenvalue weighted by Crippen LogP contribution is -2.01. The highest BCUT2D eigenvalue weighted by molar-refractivity contribution is 5.87. The van der Waals surface area contributed by atoms with E-state index >= 15 is 0 Å². The summed E-state index contributed by atoms with van der Waals surface area (Å²) in [7, 11) is 0. The van der Waals surface area contributed by atoms with Crippen LogP contribution in [0.25, 0.3) is 0 Å². The van der Waals surface area contributed by atoms with Gasteiger partial charge in [-0.3, -0.25) is 0 Å². The summed E-state index contributed by atoms with van der Waals surface area (Å²) in [5, 5.41) is 8.85. The van der Waals surface area contributed by atoms with E-state index in [2.05, 4.69) is 20.8 Å². The van der Waals surface area contributed by atoms with Gasteiger partial charge in [-0.25, -0.2) is 4.79 Å². The van der Waals surface area contributed by atoms with Gasteiger partial charge >= 0.3 is 5.97 Å². The highest BCUT2D eigenvalue weighted by Gasteiger charge is 2.09. The molecule has 1 rings (SSSR count). The zero-order chi connectivity index (χ0) is 12.7. The number of benzene rings is 1. The second-order valence-corrected chi connectivity index (χ2v) is 3.73. The molecule has 2 nitrogen and oxygen atoms in total. The highest BCUT2D eigenvalue weighted by Crippen LogP contribution is 2.21. The highest BCUT2D eigenvalue weighted by atomic mass is 16.4. The molecule has 0 aromatic heterocycles. The fraction of sp³-hybridized carbons (Fsp3) is 0.500. The van der Waals surface area contributed by atoms with Crippen LogP contribution in [0.15, 0.2) is 18.2 Å². The lowest BCUT2D eigenvalue weighted by atomic mass is 9.94. The van der Waals surface area contributed by atoms with Gasteiger partial charge < -0.3 is 5.11 Å². The number of rotatable bonds is 3. The van der Waals surface area contributed by atoms with E-state index < -0.39 is 5.97 Å². The van der Waals surface area contributed by atoms with Crippen LogP contribution in [0.1, 0.15) is 62.0 Å². The number of aryl methyl sites for hydroxylation is 1. The molecule has 0 saturated heterocycles. The maximum atomic E-state index is 10.8. The van der Waals surface area contributed by atoms with E-state index in [1.807, 2.05) is 19.9 Å². The third-order valence-corrected chi connectivity index (χ3v) is 2.40. The van der Waals surface area contributed by atoms with Gasteiger partial charge in [0.15, 0.2) is 0 Å². The van der Waals surface area contributed by atoms with Crippen LogP contribution in [0.3, 0.4) is 0 Å². The summed E-state index contributed by atoms with van der Waals surface area (Å²) in [6.07, 6.45) is 0.952. The van der Waals surface area contributed by atoms with Crippen LogP contribution in [-0.4, -0.2) is 11.1 Å². The average molecular weight is 222 g/mol. The third-order valence-electron chi connectivity index (χ3n) is 2.40. The van der Waals surface area contributed by atoms with E-state index in [0.29, 0.717) is 11.5 Å². The summed E-state index contributed by atoms with van der Waals surface area (Å²) in [5.74, 6) is -0.473. The maximum absolute atomic E-state index is 10.8. The number of hydrogen-bond donors (Lipinski definition) is 1. The molecule has 0 unspecified atom stereocenters. The molecular weight excluding hydrogens is 200 g/mol. The van der Waals surface area contributed by atoms with Crippen LogP contribution in [0.4, 0.5) is 0 Å². The monoisotopic (exact) mass is 222 g/mol. The summed E-state index contributed by atoms with van der Waals surface area (Å²) < 4.78 is 0. The molecule has 16 heavy (non-hydrogen) atoms. The standard InChI is InChI=1S/C12H16O2.C2H6/c1-4-9-5-6-10(12(13)14)7-11(9)8(2)3;1-2/h5-8H,4H2,1-3H3,(H,13,14);1-2H3. The van der Waals surface area contributed by atoms with Gasteiger partial charge in [0.05, 0.1) is 5.56 Å². The SMILES string of the molecule is CC.CCc1ccc(C(=O)O)cc1C(C)C. The Kier molecular flexibility index (Phi) is 6.47. The molecule has 0 fully saturated rings. The van der Waals surface area contributed by atoms with Gasteiger partial charge in [0.25, 0.3) is 0 Å². The molecule has 0 saturated carbocycles. The number of carboxylic acids is 1. The van der Waals surface area contributed by atoms with Crippen molar-refractivity contribution in [2.45, 2.75) is 47.0 Å². The second-order valence-electron chi connectivity index (χ2n) is 3.73. The molecule has 0 aliphatic rings. The molecule has 0 aliphatic carbocycles. The quantitative estimate of drug-likeness (QED) is 0.836. The van der Waals surface area contributed by atoms with Crippen molar-refractivity contribution in [1.82, 2.24) is 0 Å². The molecule has 1 aromatic carbocycles. The van der Waals surface area contributed by atoms with E-state index in [4.69, 9.17) is 5.11 Å². The molecule has 0 spiro atoms. The topological polar surface area (TPSA) is 37.3 Å². The summed E-state index contributed by atoms with van der Waals surface area (Å²) in [6.45, 7) is 10.3. The average Bonchev–Trinajstić information content (AvgIpc) is 2.30. The molecule has 2 heteroatoms. The van der Waals surface area contributed by atoms with Crippen molar-refractivity contribution in [3.05, 3.63) is 34.9 Å². The van der Waals surface area contributed by atoms with E-state index in [1.54, 1.807) is 12.1 Å². The van der Waals surface area contributed by atoms with Gasteiger partial charge in [-0.05, 0) is 35.6 Å². The van der Waals surface area contributed by atoms with Crippen molar-refractivity contribution in [3.8, 4) is 0 Å². The molecule has 0 aliphatic heterocycles. The summed E-state index contributed by atoms with van der Waals surface area (Å²) in [4.78, 5) is 10.8. The summed E-state index contributed by atoms with van der Waals surface area (Å²) >= 11 is 0. The van der Waals surface area contributed by atoms with Crippen molar-refractivity contribution < 1.29 is 9.90 Å². The minimum atomic E-state index is -0.852. The van der Waals surface area contributed by atoms with Gasteiger partial charge in [-0.2, -0.15) is 0 Å². The Labute approximate surface area is 98.3 Å². The van der Waals surface area contributed by atoms with Crippen LogP contribution >= 0.6 is 0 Å². The van der Waals surface area contributed by atoms with E-state index in [1.165, 1.54) is 5.56 Å². The van der Waals surface area contributed by atoms with Crippen LogP contribution in [0.2, 0.25) is 0 Å². The van der Waals surface area contributed by atoms with Crippen molar-refractivity contribution >= 4 is 5.97 Å². The number of carbonyl (C=O) groups is 1. The van der Waals surface area contributed by atoms with Crippen molar-refractivity contribution in [1.29, 1.82) is 0 Å². The Morgan fingerprint density at radius 2 is 1.88 bits per heavy atom. The Balaban J connectivity index is 0.00000106. The summed E-state index contributed by atoms with van der Waals surface area (Å²) in [5.41, 5.74) is 2.77. The largest absolute Gasteiger partial charge is 0.478 e. The first kappa shape index (κ1) is 14.7. The fourth-order valence-corrected chi connectivity index (χ4v) is 1.59. The van der Waals surface area contributed by atoms with Gasteiger partial charge in [-0.1, -0.05) is 40.7 Å². The lowest BCUT2D eigenvalue weighted by Gasteiger charge is -2.12. The molecule has 1 aromatic rings. The molecule has 0 atom stereocenters. The zero-order valence-electron chi connectivity index (χ0n) is 10.9. The fourth-order valence-electron chi connectivity index (χ4n) is 1.59. The van der Waals surface area contributed by atoms with E-state index in [-0.39, 0.29) is 0 Å². The second kappa shape index (κ2) is 7.04. The molecule has 0 bridgehead atoms. The molecular formula is C14H22O2. The third kappa shape index (κ3) is 3.69. The van der Waals surface area contributed by atoms with Crippen molar-refractivity contribution in [3.63, 3.8) is 0 Å². The zero-order valence-corrected chi connectivity index (χ0v) is 10.9. The van der Waals surface area contributed by atoms with Gasteiger partial charge in [0.2, 0.25) is 0 Å². The first-order chi connectivity index (χ1) is 7.56. The Hall–Kier alpha value is -1.31. The Bertz CT molecular complexity index is 341. The predicted octanol–water partition coefficient (Wildman–Crippen LogP) is 4.10. The van der Waals surface area contributed by atoms with Gasteiger partial charge in [0.1, 0.15) is 0 Å². The normalized spacial score (nSPS) is 9.62. The minimum Gasteiger partial charge on any atom is -0.478 e. The summed E-state index contributed by atoms with van der Waals surface area (Å²) in [6, 6.07) is 5.37.